The van der Waals surface area contributed by atoms with E-state index in [0.717, 1.165) is 23.1 Å². The van der Waals surface area contributed by atoms with Gasteiger partial charge >= 0.3 is 0 Å². The zero-order valence-corrected chi connectivity index (χ0v) is 14.2. The molecule has 0 spiro atoms. The first-order valence-electron chi connectivity index (χ1n) is 6.15. The number of furan rings is 1. The summed E-state index contributed by atoms with van der Waals surface area (Å²) in [6.45, 7) is 3.26. The Labute approximate surface area is 135 Å². The average Bonchev–Trinajstić information content (AvgIpc) is 3.00. The second-order valence-corrected chi connectivity index (χ2v) is 4.26. The van der Waals surface area contributed by atoms with Gasteiger partial charge in [0, 0.05) is 14.1 Å². The molecule has 6 nitrogen and oxygen atoms in total. The molecule has 0 saturated heterocycles. The van der Waals surface area contributed by atoms with E-state index in [0.29, 0.717) is 13.1 Å². The van der Waals surface area contributed by atoms with E-state index in [1.165, 1.54) is 0 Å². The van der Waals surface area contributed by atoms with Gasteiger partial charge in [-0.25, -0.2) is 0 Å². The number of nitrogens with one attached hydrogen (secondary N) is 2. The van der Waals surface area contributed by atoms with E-state index in [2.05, 4.69) is 20.7 Å². The van der Waals surface area contributed by atoms with Crippen LogP contribution in [-0.2, 0) is 20.1 Å². The Balaban J connectivity index is 0.00000200. The van der Waals surface area contributed by atoms with Crippen molar-refractivity contribution in [3.05, 3.63) is 41.6 Å². The van der Waals surface area contributed by atoms with Gasteiger partial charge in [-0.2, -0.15) is 5.10 Å². The van der Waals surface area contributed by atoms with Crippen LogP contribution in [0, 0.1) is 6.92 Å². The number of guanidine groups is 1. The van der Waals surface area contributed by atoms with Gasteiger partial charge in [0.05, 0.1) is 30.7 Å². The van der Waals surface area contributed by atoms with Gasteiger partial charge in [-0.05, 0) is 25.1 Å². The van der Waals surface area contributed by atoms with Crippen molar-refractivity contribution in [3.8, 4) is 0 Å². The van der Waals surface area contributed by atoms with Crippen LogP contribution in [0.1, 0.15) is 17.1 Å². The molecule has 2 aromatic heterocycles. The normalized spacial score (nSPS) is 11.1. The predicted octanol–water partition coefficient (Wildman–Crippen LogP) is 1.80. The number of aryl methyl sites for hydroxylation is 2. The minimum absolute atomic E-state index is 0. The standard InChI is InChI=1S/C13H19N5O.HI/c1-10-7-11(18(3)17-10)8-15-13(14-2)16-9-12-5-4-6-19-12;/h4-7H,8-9H2,1-3H3,(H2,14,15,16);1H. The molecule has 0 radical (unpaired) electrons. The van der Waals surface area contributed by atoms with E-state index >= 15 is 0 Å². The second-order valence-electron chi connectivity index (χ2n) is 4.26. The molecule has 0 unspecified atom stereocenters. The van der Waals surface area contributed by atoms with Gasteiger partial charge in [-0.15, -0.1) is 24.0 Å². The molecule has 0 aromatic carbocycles. The Morgan fingerprint density at radius 1 is 1.40 bits per heavy atom. The van der Waals surface area contributed by atoms with Gasteiger partial charge in [0.2, 0.25) is 0 Å². The molecule has 0 atom stereocenters. The molecule has 2 heterocycles. The highest BCUT2D eigenvalue weighted by Gasteiger charge is 2.04. The van der Waals surface area contributed by atoms with Crippen molar-refractivity contribution >= 4 is 29.9 Å². The number of aliphatic imine (C=N–C) groups is 1. The third kappa shape index (κ3) is 4.55. The maximum Gasteiger partial charge on any atom is 0.191 e. The number of nitrogens with zero attached hydrogens (tertiary/aromatic N) is 3. The van der Waals surface area contributed by atoms with Crippen LogP contribution in [0.15, 0.2) is 33.9 Å². The lowest BCUT2D eigenvalue weighted by Gasteiger charge is -2.10. The van der Waals surface area contributed by atoms with Crippen molar-refractivity contribution in [1.82, 2.24) is 20.4 Å². The van der Waals surface area contributed by atoms with Gasteiger partial charge < -0.3 is 15.1 Å². The van der Waals surface area contributed by atoms with Crippen molar-refractivity contribution < 1.29 is 4.42 Å². The Morgan fingerprint density at radius 2 is 2.15 bits per heavy atom. The lowest BCUT2D eigenvalue weighted by Crippen LogP contribution is -2.36. The topological polar surface area (TPSA) is 67.4 Å². The number of hydrogen-bond acceptors (Lipinski definition) is 3. The summed E-state index contributed by atoms with van der Waals surface area (Å²) in [7, 11) is 3.68. The first kappa shape index (κ1) is 16.5. The van der Waals surface area contributed by atoms with Crippen LogP contribution in [0.4, 0.5) is 0 Å². The maximum absolute atomic E-state index is 5.25. The largest absolute Gasteiger partial charge is 0.467 e. The minimum Gasteiger partial charge on any atom is -0.467 e. The predicted molar refractivity (Wildman–Crippen MR) is 89.1 cm³/mol. The number of rotatable bonds is 4. The van der Waals surface area contributed by atoms with Gasteiger partial charge in [0.1, 0.15) is 5.76 Å². The third-order valence-electron chi connectivity index (χ3n) is 2.77. The molecule has 0 aliphatic heterocycles. The van der Waals surface area contributed by atoms with Gasteiger partial charge in [-0.3, -0.25) is 9.67 Å². The van der Waals surface area contributed by atoms with Crippen molar-refractivity contribution in [2.24, 2.45) is 12.0 Å². The van der Waals surface area contributed by atoms with Crippen LogP contribution in [-0.4, -0.2) is 22.8 Å². The maximum atomic E-state index is 5.25. The van der Waals surface area contributed by atoms with Gasteiger partial charge in [0.15, 0.2) is 5.96 Å². The Kier molecular flexibility index (Phi) is 6.56. The van der Waals surface area contributed by atoms with Crippen molar-refractivity contribution in [3.63, 3.8) is 0 Å². The van der Waals surface area contributed by atoms with Crippen molar-refractivity contribution in [2.45, 2.75) is 20.0 Å². The molecule has 7 heteroatoms. The van der Waals surface area contributed by atoms with E-state index < -0.39 is 0 Å². The SMILES string of the molecule is CN=C(NCc1ccco1)NCc1cc(C)nn1C.I. The van der Waals surface area contributed by atoms with Gasteiger partial charge in [-0.1, -0.05) is 0 Å². The summed E-state index contributed by atoms with van der Waals surface area (Å²) >= 11 is 0. The summed E-state index contributed by atoms with van der Waals surface area (Å²) in [5.41, 5.74) is 2.12. The molecule has 2 N–H and O–H groups in total. The summed E-state index contributed by atoms with van der Waals surface area (Å²) in [5.74, 6) is 1.61. The quantitative estimate of drug-likeness (QED) is 0.476. The fraction of sp³-hybridized carbons (Fsp3) is 0.385. The minimum atomic E-state index is 0. The molecule has 0 aliphatic carbocycles. The molecule has 0 saturated carbocycles. The van der Waals surface area contributed by atoms with E-state index in [9.17, 15) is 0 Å². The van der Waals surface area contributed by atoms with Crippen molar-refractivity contribution in [2.75, 3.05) is 7.05 Å². The number of hydrogen-bond donors (Lipinski definition) is 2. The van der Waals surface area contributed by atoms with Crippen molar-refractivity contribution in [1.29, 1.82) is 0 Å². The fourth-order valence-electron chi connectivity index (χ4n) is 1.81. The smallest absolute Gasteiger partial charge is 0.191 e. The molecule has 0 fully saturated rings. The number of aromatic nitrogens is 2. The lowest BCUT2D eigenvalue weighted by atomic mass is 10.3. The summed E-state index contributed by atoms with van der Waals surface area (Å²) < 4.78 is 7.12. The summed E-state index contributed by atoms with van der Waals surface area (Å²) in [5, 5.41) is 10.7. The molecular formula is C13H20IN5O. The first-order chi connectivity index (χ1) is 9.19. The average molecular weight is 389 g/mol. The molecule has 110 valence electrons. The zero-order chi connectivity index (χ0) is 13.7. The Morgan fingerprint density at radius 3 is 2.70 bits per heavy atom. The monoisotopic (exact) mass is 389 g/mol. The summed E-state index contributed by atoms with van der Waals surface area (Å²) in [6, 6.07) is 5.84. The molecule has 2 rings (SSSR count). The second kappa shape index (κ2) is 7.93. The highest BCUT2D eigenvalue weighted by atomic mass is 127. The molecule has 0 aliphatic rings. The Bertz CT molecular complexity index is 547. The van der Waals surface area contributed by atoms with Crippen LogP contribution >= 0.6 is 24.0 Å². The highest BCUT2D eigenvalue weighted by Crippen LogP contribution is 2.01. The van der Waals surface area contributed by atoms with Crippen LogP contribution in [0.25, 0.3) is 0 Å². The molecule has 0 amide bonds. The fourth-order valence-corrected chi connectivity index (χ4v) is 1.81. The van der Waals surface area contributed by atoms with Crippen LogP contribution in [0.2, 0.25) is 0 Å². The first-order valence-corrected chi connectivity index (χ1v) is 6.15. The van der Waals surface area contributed by atoms with E-state index in [1.54, 1.807) is 13.3 Å². The van der Waals surface area contributed by atoms with Crippen LogP contribution in [0.3, 0.4) is 0 Å². The van der Waals surface area contributed by atoms with Crippen LogP contribution in [0.5, 0.6) is 0 Å². The van der Waals surface area contributed by atoms with Crippen LogP contribution < -0.4 is 10.6 Å². The molecule has 0 bridgehead atoms. The third-order valence-corrected chi connectivity index (χ3v) is 2.77. The van der Waals surface area contributed by atoms with E-state index in [4.69, 9.17) is 4.42 Å². The lowest BCUT2D eigenvalue weighted by molar-refractivity contribution is 0.501. The number of halogens is 1. The molecule has 20 heavy (non-hydrogen) atoms. The Hall–Kier alpha value is -1.51. The van der Waals surface area contributed by atoms with Gasteiger partial charge in [0.25, 0.3) is 0 Å². The zero-order valence-electron chi connectivity index (χ0n) is 11.9. The van der Waals surface area contributed by atoms with E-state index in [-0.39, 0.29) is 24.0 Å². The molecule has 2 aromatic rings. The highest BCUT2D eigenvalue weighted by molar-refractivity contribution is 14.0. The summed E-state index contributed by atoms with van der Waals surface area (Å²) in [4.78, 5) is 4.16. The summed E-state index contributed by atoms with van der Waals surface area (Å²) in [6.07, 6.45) is 1.66. The van der Waals surface area contributed by atoms with E-state index in [1.807, 2.05) is 36.9 Å². The molecular weight excluding hydrogens is 369 g/mol.